The molecule has 0 fully saturated rings. The lowest BCUT2D eigenvalue weighted by molar-refractivity contribution is -0.113. The van der Waals surface area contributed by atoms with Crippen LogP contribution in [0.15, 0.2) is 60.3 Å². The van der Waals surface area contributed by atoms with Crippen LogP contribution < -0.4 is 5.32 Å². The molecule has 1 N–H and O–H groups in total. The first-order valence-corrected chi connectivity index (χ1v) is 12.5. The number of carbonyl (C=O) groups is 1. The Labute approximate surface area is 204 Å². The molecule has 0 aliphatic rings. The predicted molar refractivity (Wildman–Crippen MR) is 132 cm³/mol. The highest BCUT2D eigenvalue weighted by atomic mass is 35.5. The van der Waals surface area contributed by atoms with Crippen LogP contribution in [0.25, 0.3) is 0 Å². The van der Waals surface area contributed by atoms with Gasteiger partial charge in [-0.15, -0.1) is 28.5 Å². The van der Waals surface area contributed by atoms with Gasteiger partial charge in [-0.25, -0.2) is 0 Å². The summed E-state index contributed by atoms with van der Waals surface area (Å²) in [5, 5.41) is 13.7. The van der Waals surface area contributed by atoms with Crippen LogP contribution >= 0.6 is 58.3 Å². The Morgan fingerprint density at radius 3 is 2.68 bits per heavy atom. The molecule has 31 heavy (non-hydrogen) atoms. The van der Waals surface area contributed by atoms with E-state index in [4.69, 9.17) is 34.8 Å². The maximum atomic E-state index is 12.3. The first-order valence-electron chi connectivity index (χ1n) is 9.19. The standard InChI is InChI=1S/C21H19Cl3N4OS2/c1-2-8-28-19(12-30-11-14-6-7-17(23)18(24)9-14)26-27-21(28)31-13-20(29)25-16-5-3-4-15(22)10-16/h2-7,9-10H,1,8,11-13H2,(H,25,29). The third-order valence-electron chi connectivity index (χ3n) is 4.03. The molecule has 0 aliphatic carbocycles. The van der Waals surface area contributed by atoms with Gasteiger partial charge in [0, 0.05) is 23.0 Å². The first-order chi connectivity index (χ1) is 15.0. The highest BCUT2D eigenvalue weighted by Crippen LogP contribution is 2.26. The summed E-state index contributed by atoms with van der Waals surface area (Å²) >= 11 is 21.0. The van der Waals surface area contributed by atoms with Gasteiger partial charge in [-0.3, -0.25) is 4.79 Å². The Hall–Kier alpha value is -1.64. The topological polar surface area (TPSA) is 59.8 Å². The van der Waals surface area contributed by atoms with Crippen LogP contribution in [0.4, 0.5) is 5.69 Å². The van der Waals surface area contributed by atoms with Gasteiger partial charge >= 0.3 is 0 Å². The lowest BCUT2D eigenvalue weighted by atomic mass is 10.2. The molecule has 0 saturated carbocycles. The lowest BCUT2D eigenvalue weighted by Crippen LogP contribution is -2.14. The minimum absolute atomic E-state index is 0.143. The highest BCUT2D eigenvalue weighted by Gasteiger charge is 2.14. The Balaban J connectivity index is 1.56. The normalized spacial score (nSPS) is 10.8. The van der Waals surface area contributed by atoms with Crippen LogP contribution in [0.3, 0.4) is 0 Å². The molecule has 0 bridgehead atoms. The minimum Gasteiger partial charge on any atom is -0.325 e. The molecule has 0 unspecified atom stereocenters. The summed E-state index contributed by atoms with van der Waals surface area (Å²) in [5.41, 5.74) is 1.74. The summed E-state index contributed by atoms with van der Waals surface area (Å²) in [6.45, 7) is 4.37. The number of hydrogen-bond donors (Lipinski definition) is 1. The highest BCUT2D eigenvalue weighted by molar-refractivity contribution is 7.99. The summed E-state index contributed by atoms with van der Waals surface area (Å²) in [6, 6.07) is 12.6. The van der Waals surface area contributed by atoms with Crippen molar-refractivity contribution in [3.05, 3.63) is 81.6 Å². The van der Waals surface area contributed by atoms with Gasteiger partial charge < -0.3 is 9.88 Å². The molecule has 3 aromatic rings. The molecular formula is C21H19Cl3N4OS2. The largest absolute Gasteiger partial charge is 0.325 e. The molecule has 0 saturated heterocycles. The number of carbonyl (C=O) groups excluding carboxylic acids is 1. The second-order valence-corrected chi connectivity index (χ2v) is 9.57. The lowest BCUT2D eigenvalue weighted by Gasteiger charge is -2.08. The van der Waals surface area contributed by atoms with Crippen molar-refractivity contribution < 1.29 is 4.79 Å². The van der Waals surface area contributed by atoms with Gasteiger partial charge in [0.15, 0.2) is 5.16 Å². The van der Waals surface area contributed by atoms with Gasteiger partial charge in [0.2, 0.25) is 5.91 Å². The Bertz CT molecular complexity index is 1070. The van der Waals surface area contributed by atoms with Gasteiger partial charge in [-0.05, 0) is 35.9 Å². The Kier molecular flexibility index (Phi) is 9.16. The number of thioether (sulfide) groups is 2. The smallest absolute Gasteiger partial charge is 0.234 e. The number of benzene rings is 2. The first kappa shape index (κ1) is 24.0. The van der Waals surface area contributed by atoms with E-state index in [1.165, 1.54) is 11.8 Å². The van der Waals surface area contributed by atoms with Crippen molar-refractivity contribution in [1.29, 1.82) is 0 Å². The molecule has 0 aliphatic heterocycles. The van der Waals surface area contributed by atoms with Gasteiger partial charge in [0.1, 0.15) is 5.82 Å². The van der Waals surface area contributed by atoms with E-state index in [2.05, 4.69) is 22.1 Å². The number of rotatable bonds is 10. The molecule has 1 aromatic heterocycles. The molecular weight excluding hydrogens is 495 g/mol. The molecule has 0 radical (unpaired) electrons. The van der Waals surface area contributed by atoms with Crippen LogP contribution in [0, 0.1) is 0 Å². The van der Waals surface area contributed by atoms with E-state index in [-0.39, 0.29) is 11.7 Å². The number of nitrogens with one attached hydrogen (secondary N) is 1. The zero-order valence-electron chi connectivity index (χ0n) is 16.4. The fourth-order valence-electron chi connectivity index (χ4n) is 2.63. The molecule has 162 valence electrons. The minimum atomic E-state index is -0.143. The van der Waals surface area contributed by atoms with Crippen LogP contribution in [-0.4, -0.2) is 26.4 Å². The Morgan fingerprint density at radius 2 is 1.94 bits per heavy atom. The zero-order chi connectivity index (χ0) is 22.2. The van der Waals surface area contributed by atoms with E-state index in [0.29, 0.717) is 38.2 Å². The molecule has 5 nitrogen and oxygen atoms in total. The quantitative estimate of drug-likeness (QED) is 0.245. The fourth-order valence-corrected chi connectivity index (χ4v) is 4.82. The third kappa shape index (κ3) is 7.19. The molecule has 0 atom stereocenters. The summed E-state index contributed by atoms with van der Waals surface area (Å²) < 4.78 is 1.96. The van der Waals surface area contributed by atoms with E-state index in [9.17, 15) is 4.79 Å². The van der Waals surface area contributed by atoms with E-state index < -0.39 is 0 Å². The summed E-state index contributed by atoms with van der Waals surface area (Å²) in [6.07, 6.45) is 1.78. The monoisotopic (exact) mass is 512 g/mol. The van der Waals surface area contributed by atoms with Crippen molar-refractivity contribution in [3.8, 4) is 0 Å². The number of amides is 1. The van der Waals surface area contributed by atoms with Gasteiger partial charge in [0.25, 0.3) is 0 Å². The maximum Gasteiger partial charge on any atom is 0.234 e. The van der Waals surface area contributed by atoms with Crippen molar-refractivity contribution in [3.63, 3.8) is 0 Å². The predicted octanol–water partition coefficient (Wildman–Crippen LogP) is 6.59. The third-order valence-corrected chi connectivity index (χ3v) is 6.97. The van der Waals surface area contributed by atoms with Gasteiger partial charge in [-0.2, -0.15) is 0 Å². The Morgan fingerprint density at radius 1 is 1.10 bits per heavy atom. The number of aromatic nitrogens is 3. The van der Waals surface area contributed by atoms with Crippen LogP contribution in [0.2, 0.25) is 15.1 Å². The van der Waals surface area contributed by atoms with Crippen molar-refractivity contribution in [2.75, 3.05) is 11.1 Å². The summed E-state index contributed by atoms with van der Waals surface area (Å²) in [5.74, 6) is 2.32. The van der Waals surface area contributed by atoms with Crippen LogP contribution in [-0.2, 0) is 22.8 Å². The second-order valence-electron chi connectivity index (χ2n) is 6.39. The average Bonchev–Trinajstić information content (AvgIpc) is 3.11. The molecule has 2 aromatic carbocycles. The van der Waals surface area contributed by atoms with E-state index in [1.54, 1.807) is 48.2 Å². The summed E-state index contributed by atoms with van der Waals surface area (Å²) in [7, 11) is 0. The molecule has 10 heteroatoms. The fraction of sp³-hybridized carbons (Fsp3) is 0.190. The van der Waals surface area contributed by atoms with E-state index in [0.717, 1.165) is 17.1 Å². The van der Waals surface area contributed by atoms with Crippen molar-refractivity contribution in [2.24, 2.45) is 0 Å². The van der Waals surface area contributed by atoms with Crippen LogP contribution in [0.1, 0.15) is 11.4 Å². The molecule has 1 heterocycles. The molecule has 3 rings (SSSR count). The molecule has 0 spiro atoms. The summed E-state index contributed by atoms with van der Waals surface area (Å²) in [4.78, 5) is 12.3. The molecule has 1 amide bonds. The van der Waals surface area contributed by atoms with E-state index >= 15 is 0 Å². The number of halogens is 3. The van der Waals surface area contributed by atoms with Crippen LogP contribution in [0.5, 0.6) is 0 Å². The maximum absolute atomic E-state index is 12.3. The van der Waals surface area contributed by atoms with E-state index in [1.807, 2.05) is 16.7 Å². The average molecular weight is 514 g/mol. The SMILES string of the molecule is C=CCn1c(CSCc2ccc(Cl)c(Cl)c2)nnc1SCC(=O)Nc1cccc(Cl)c1. The van der Waals surface area contributed by atoms with Gasteiger partial charge in [-0.1, -0.05) is 64.8 Å². The number of anilines is 1. The zero-order valence-corrected chi connectivity index (χ0v) is 20.3. The number of nitrogens with zero attached hydrogens (tertiary/aromatic N) is 3. The number of allylic oxidation sites excluding steroid dienone is 1. The number of hydrogen-bond acceptors (Lipinski definition) is 5. The van der Waals surface area contributed by atoms with Crippen molar-refractivity contribution in [2.45, 2.75) is 23.2 Å². The van der Waals surface area contributed by atoms with Crippen molar-refractivity contribution in [1.82, 2.24) is 14.8 Å². The van der Waals surface area contributed by atoms with Gasteiger partial charge in [0.05, 0.1) is 21.6 Å². The van der Waals surface area contributed by atoms with Crippen molar-refractivity contribution >= 4 is 69.9 Å². The second kappa shape index (κ2) is 11.8.